The molecule has 0 bridgehead atoms. The smallest absolute Gasteiger partial charge is 0.256 e. The molecule has 4 rings (SSSR count). The van der Waals surface area contributed by atoms with Crippen molar-refractivity contribution in [2.24, 2.45) is 0 Å². The summed E-state index contributed by atoms with van der Waals surface area (Å²) in [6.07, 6.45) is 0.508. The Balaban J connectivity index is 1.55. The standard InChI is InChI=1S/C21H21ClN4O3/c1-25(2)14-6-3-12(4-7-14)19(27)23-16-9-10-26-18(16)20(28)24-17-11-13(22)5-8-15(17)21(26)29/h3-8,11,16,18H,9-10H2,1-2H3,(H,23,27)(H,24,28)/t16-,18+/m1/s1. The average molecular weight is 413 g/mol. The first-order valence-electron chi connectivity index (χ1n) is 9.35. The minimum absolute atomic E-state index is 0.243. The summed E-state index contributed by atoms with van der Waals surface area (Å²) in [5.74, 6) is -0.843. The van der Waals surface area contributed by atoms with Gasteiger partial charge in [0.15, 0.2) is 0 Å². The topological polar surface area (TPSA) is 81.8 Å². The van der Waals surface area contributed by atoms with Crippen LogP contribution in [0.25, 0.3) is 0 Å². The molecule has 0 unspecified atom stereocenters. The van der Waals surface area contributed by atoms with Crippen molar-refractivity contribution in [3.63, 3.8) is 0 Å². The molecule has 1 fully saturated rings. The van der Waals surface area contributed by atoms with Gasteiger partial charge in [-0.05, 0) is 48.9 Å². The Morgan fingerprint density at radius 2 is 1.90 bits per heavy atom. The number of halogens is 1. The van der Waals surface area contributed by atoms with Gasteiger partial charge in [-0.15, -0.1) is 0 Å². The van der Waals surface area contributed by atoms with E-state index in [0.29, 0.717) is 34.8 Å². The highest BCUT2D eigenvalue weighted by atomic mass is 35.5. The quantitative estimate of drug-likeness (QED) is 0.810. The lowest BCUT2D eigenvalue weighted by Gasteiger charge is -2.25. The van der Waals surface area contributed by atoms with Gasteiger partial charge in [-0.25, -0.2) is 0 Å². The van der Waals surface area contributed by atoms with Crippen LogP contribution in [0, 0.1) is 0 Å². The first-order valence-corrected chi connectivity index (χ1v) is 9.72. The number of hydrogen-bond donors (Lipinski definition) is 2. The Hall–Kier alpha value is -3.06. The molecule has 0 saturated carbocycles. The van der Waals surface area contributed by atoms with Gasteiger partial charge in [-0.2, -0.15) is 0 Å². The van der Waals surface area contributed by atoms with Gasteiger partial charge in [0.25, 0.3) is 11.8 Å². The third kappa shape index (κ3) is 3.53. The van der Waals surface area contributed by atoms with E-state index < -0.39 is 12.1 Å². The summed E-state index contributed by atoms with van der Waals surface area (Å²) in [5.41, 5.74) is 2.28. The SMILES string of the molecule is CN(C)c1ccc(C(=O)N[C@@H]2CCN3C(=O)c4ccc(Cl)cc4NC(=O)[C@H]23)cc1. The van der Waals surface area contributed by atoms with Crippen LogP contribution >= 0.6 is 11.6 Å². The van der Waals surface area contributed by atoms with Gasteiger partial charge in [-0.3, -0.25) is 14.4 Å². The van der Waals surface area contributed by atoms with Crippen LogP contribution in [0.3, 0.4) is 0 Å². The summed E-state index contributed by atoms with van der Waals surface area (Å²) < 4.78 is 0. The number of amides is 3. The van der Waals surface area contributed by atoms with Crippen LogP contribution in [0.2, 0.25) is 5.02 Å². The van der Waals surface area contributed by atoms with Gasteiger partial charge in [0.2, 0.25) is 5.91 Å². The molecule has 0 radical (unpaired) electrons. The molecule has 3 amide bonds. The third-order valence-electron chi connectivity index (χ3n) is 5.36. The van der Waals surface area contributed by atoms with Gasteiger partial charge >= 0.3 is 0 Å². The van der Waals surface area contributed by atoms with Crippen molar-refractivity contribution in [3.05, 3.63) is 58.6 Å². The monoisotopic (exact) mass is 412 g/mol. The second-order valence-electron chi connectivity index (χ2n) is 7.43. The fourth-order valence-electron chi connectivity index (χ4n) is 3.83. The van der Waals surface area contributed by atoms with E-state index in [0.717, 1.165) is 5.69 Å². The minimum atomic E-state index is -0.765. The van der Waals surface area contributed by atoms with E-state index in [1.165, 1.54) is 4.90 Å². The Bertz CT molecular complexity index is 990. The van der Waals surface area contributed by atoms with E-state index in [4.69, 9.17) is 11.6 Å². The molecular formula is C21H21ClN4O3. The van der Waals surface area contributed by atoms with Crippen LogP contribution < -0.4 is 15.5 Å². The molecule has 2 N–H and O–H groups in total. The zero-order valence-electron chi connectivity index (χ0n) is 16.1. The van der Waals surface area contributed by atoms with Crippen LogP contribution in [0.1, 0.15) is 27.1 Å². The van der Waals surface area contributed by atoms with E-state index in [1.54, 1.807) is 30.3 Å². The number of benzene rings is 2. The number of fused-ring (bicyclic) bond motifs is 2. The molecule has 2 atom stereocenters. The molecule has 150 valence electrons. The largest absolute Gasteiger partial charge is 0.378 e. The molecule has 29 heavy (non-hydrogen) atoms. The van der Waals surface area contributed by atoms with Crippen LogP contribution in [0.4, 0.5) is 11.4 Å². The number of rotatable bonds is 3. The van der Waals surface area contributed by atoms with Gasteiger partial charge in [0, 0.05) is 36.9 Å². The molecule has 2 heterocycles. The summed E-state index contributed by atoms with van der Waals surface area (Å²) in [6, 6.07) is 10.8. The lowest BCUT2D eigenvalue weighted by molar-refractivity contribution is -0.120. The molecule has 1 saturated heterocycles. The molecule has 7 nitrogen and oxygen atoms in total. The second-order valence-corrected chi connectivity index (χ2v) is 7.87. The molecule has 0 aliphatic carbocycles. The predicted molar refractivity (Wildman–Crippen MR) is 112 cm³/mol. The number of anilines is 2. The van der Waals surface area contributed by atoms with Crippen molar-refractivity contribution in [2.75, 3.05) is 30.9 Å². The number of nitrogens with zero attached hydrogens (tertiary/aromatic N) is 2. The number of nitrogens with one attached hydrogen (secondary N) is 2. The maximum absolute atomic E-state index is 13.0. The van der Waals surface area contributed by atoms with Gasteiger partial charge in [-0.1, -0.05) is 11.6 Å². The van der Waals surface area contributed by atoms with Crippen molar-refractivity contribution in [1.29, 1.82) is 0 Å². The summed E-state index contributed by atoms with van der Waals surface area (Å²) in [7, 11) is 3.85. The van der Waals surface area contributed by atoms with Crippen molar-refractivity contribution in [2.45, 2.75) is 18.5 Å². The number of carbonyl (C=O) groups excluding carboxylic acids is 3. The highest BCUT2D eigenvalue weighted by molar-refractivity contribution is 6.31. The van der Waals surface area contributed by atoms with E-state index in [9.17, 15) is 14.4 Å². The minimum Gasteiger partial charge on any atom is -0.378 e. The van der Waals surface area contributed by atoms with Crippen molar-refractivity contribution in [1.82, 2.24) is 10.2 Å². The summed E-state index contributed by atoms with van der Waals surface area (Å²) in [6.45, 7) is 0.392. The zero-order valence-corrected chi connectivity index (χ0v) is 16.9. The Morgan fingerprint density at radius 1 is 1.17 bits per heavy atom. The maximum Gasteiger partial charge on any atom is 0.256 e. The molecule has 2 aliphatic rings. The van der Waals surface area contributed by atoms with E-state index >= 15 is 0 Å². The maximum atomic E-state index is 13.0. The third-order valence-corrected chi connectivity index (χ3v) is 5.59. The van der Waals surface area contributed by atoms with Gasteiger partial charge < -0.3 is 20.4 Å². The van der Waals surface area contributed by atoms with Crippen molar-refractivity contribution < 1.29 is 14.4 Å². The summed E-state index contributed by atoms with van der Waals surface area (Å²) >= 11 is 6.01. The van der Waals surface area contributed by atoms with E-state index in [1.807, 2.05) is 31.1 Å². The normalized spacial score (nSPS) is 20.4. The Labute approximate surface area is 173 Å². The molecule has 2 aliphatic heterocycles. The Kier molecular flexibility index (Phi) is 4.92. The van der Waals surface area contributed by atoms with Crippen LogP contribution in [0.15, 0.2) is 42.5 Å². The molecule has 2 aromatic rings. The Morgan fingerprint density at radius 3 is 2.59 bits per heavy atom. The van der Waals surface area contributed by atoms with E-state index in [-0.39, 0.29) is 17.7 Å². The van der Waals surface area contributed by atoms with Gasteiger partial charge in [0.1, 0.15) is 6.04 Å². The molecule has 8 heteroatoms. The van der Waals surface area contributed by atoms with E-state index in [2.05, 4.69) is 10.6 Å². The van der Waals surface area contributed by atoms with Crippen LogP contribution in [0.5, 0.6) is 0 Å². The second kappa shape index (κ2) is 7.40. The highest BCUT2D eigenvalue weighted by Gasteiger charge is 2.45. The van der Waals surface area contributed by atoms with Crippen LogP contribution in [-0.4, -0.2) is 55.3 Å². The summed E-state index contributed by atoms with van der Waals surface area (Å²) in [4.78, 5) is 42.0. The average Bonchev–Trinajstić information content (AvgIpc) is 3.07. The lowest BCUT2D eigenvalue weighted by Crippen LogP contribution is -2.51. The fourth-order valence-corrected chi connectivity index (χ4v) is 4.00. The fraction of sp³-hybridized carbons (Fsp3) is 0.286. The number of hydrogen-bond acceptors (Lipinski definition) is 4. The molecule has 0 aromatic heterocycles. The number of carbonyl (C=O) groups is 3. The molecule has 2 aromatic carbocycles. The first kappa shape index (κ1) is 19.3. The highest BCUT2D eigenvalue weighted by Crippen LogP contribution is 2.31. The van der Waals surface area contributed by atoms with Crippen molar-refractivity contribution >= 4 is 40.7 Å². The van der Waals surface area contributed by atoms with Crippen molar-refractivity contribution in [3.8, 4) is 0 Å². The summed E-state index contributed by atoms with van der Waals surface area (Å²) in [5, 5.41) is 6.15. The van der Waals surface area contributed by atoms with Gasteiger partial charge in [0.05, 0.1) is 17.3 Å². The molecule has 0 spiro atoms. The lowest BCUT2D eigenvalue weighted by atomic mass is 10.1. The first-order chi connectivity index (χ1) is 13.8. The molecular weight excluding hydrogens is 392 g/mol. The zero-order chi connectivity index (χ0) is 20.7. The predicted octanol–water partition coefficient (Wildman–Crippen LogP) is 2.37. The van der Waals surface area contributed by atoms with Crippen LogP contribution in [-0.2, 0) is 4.79 Å².